The van der Waals surface area contributed by atoms with Crippen molar-refractivity contribution in [2.75, 3.05) is 6.54 Å². The molecule has 4 heteroatoms. The lowest BCUT2D eigenvalue weighted by molar-refractivity contribution is 0.0313. The van der Waals surface area contributed by atoms with Crippen LogP contribution in [0.25, 0.3) is 0 Å². The van der Waals surface area contributed by atoms with Gasteiger partial charge >= 0.3 is 0 Å². The predicted molar refractivity (Wildman–Crippen MR) is 81.7 cm³/mol. The molecule has 0 radical (unpaired) electrons. The van der Waals surface area contributed by atoms with Crippen molar-refractivity contribution >= 4 is 13.8 Å². The lowest BCUT2D eigenvalue weighted by Gasteiger charge is -2.54. The van der Waals surface area contributed by atoms with Crippen LogP contribution in [0.2, 0.25) is 0 Å². The van der Waals surface area contributed by atoms with Gasteiger partial charge in [-0.3, -0.25) is 4.57 Å². The van der Waals surface area contributed by atoms with Crippen molar-refractivity contribution in [3.8, 4) is 5.75 Å². The molecule has 5 atom stereocenters. The summed E-state index contributed by atoms with van der Waals surface area (Å²) in [6.07, 6.45) is 7.11. The third kappa shape index (κ3) is 1.31. The number of rotatable bonds is 1. The van der Waals surface area contributed by atoms with Gasteiger partial charge in [0.1, 0.15) is 11.9 Å². The zero-order chi connectivity index (χ0) is 14.2. The van der Waals surface area contributed by atoms with Crippen LogP contribution in [0.3, 0.4) is 0 Å². The van der Waals surface area contributed by atoms with Gasteiger partial charge in [-0.25, -0.2) is 0 Å². The van der Waals surface area contributed by atoms with Gasteiger partial charge in [0.05, 0.1) is 5.30 Å². The van der Waals surface area contributed by atoms with Crippen LogP contribution in [0.5, 0.6) is 5.75 Å². The Morgan fingerprint density at radius 3 is 3.14 bits per heavy atom. The number of ether oxygens (including phenoxy) is 1. The van der Waals surface area contributed by atoms with E-state index in [1.54, 1.807) is 0 Å². The average Bonchev–Trinajstić information content (AvgIpc) is 2.83. The Bertz CT molecular complexity index is 686. The Morgan fingerprint density at radius 1 is 1.38 bits per heavy atom. The van der Waals surface area contributed by atoms with E-state index in [0.29, 0.717) is 17.9 Å². The Morgan fingerprint density at radius 2 is 2.29 bits per heavy atom. The summed E-state index contributed by atoms with van der Waals surface area (Å²) < 4.78 is 18.0. The lowest BCUT2D eigenvalue weighted by Crippen LogP contribution is -2.63. The minimum atomic E-state index is 0.0700. The molecule has 0 saturated carbocycles. The summed E-state index contributed by atoms with van der Waals surface area (Å²) in [5.74, 6) is 1.85. The van der Waals surface area contributed by atoms with Gasteiger partial charge < -0.3 is 10.1 Å². The molecule has 0 amide bonds. The maximum absolute atomic E-state index is 11.5. The molecule has 5 rings (SSSR count). The summed E-state index contributed by atoms with van der Waals surface area (Å²) in [5.41, 5.74) is 2.89. The Labute approximate surface area is 126 Å². The molecular formula is C17H18NO2P. The number of hydrogen-bond acceptors (Lipinski definition) is 3. The fraction of sp³-hybridized carbons (Fsp3) is 0.529. The van der Waals surface area contributed by atoms with Crippen LogP contribution in [0.4, 0.5) is 0 Å². The normalized spacial score (nSPS) is 41.8. The first-order valence-corrected chi connectivity index (χ1v) is 8.65. The molecule has 1 spiro atoms. The fourth-order valence-corrected chi connectivity index (χ4v) is 5.70. The molecule has 2 aliphatic carbocycles. The van der Waals surface area contributed by atoms with E-state index in [4.69, 9.17) is 4.74 Å². The summed E-state index contributed by atoms with van der Waals surface area (Å²) >= 11 is 0. The maximum Gasteiger partial charge on any atom is 0.196 e. The molecule has 2 bridgehead atoms. The maximum atomic E-state index is 11.5. The van der Waals surface area contributed by atoms with Crippen LogP contribution in [0.1, 0.15) is 24.5 Å². The molecular weight excluding hydrogens is 281 g/mol. The molecule has 1 saturated heterocycles. The summed E-state index contributed by atoms with van der Waals surface area (Å²) in [6, 6.07) is 4.67. The fourth-order valence-electron chi connectivity index (χ4n) is 5.31. The van der Waals surface area contributed by atoms with E-state index in [1.807, 2.05) is 6.07 Å². The Hall–Kier alpha value is -1.18. The number of nitrogens with one attached hydrogen (secondary N) is 1. The van der Waals surface area contributed by atoms with Gasteiger partial charge in [0.15, 0.2) is 8.46 Å². The minimum absolute atomic E-state index is 0.0700. The summed E-state index contributed by atoms with van der Waals surface area (Å²) in [5, 5.41) is 4.52. The van der Waals surface area contributed by atoms with Gasteiger partial charge in [-0.15, -0.1) is 0 Å². The van der Waals surface area contributed by atoms with E-state index in [9.17, 15) is 4.57 Å². The van der Waals surface area contributed by atoms with Crippen molar-refractivity contribution in [1.82, 2.24) is 5.32 Å². The van der Waals surface area contributed by atoms with Gasteiger partial charge in [0, 0.05) is 28.9 Å². The monoisotopic (exact) mass is 299 g/mol. The third-order valence-electron chi connectivity index (χ3n) is 6.05. The van der Waals surface area contributed by atoms with Gasteiger partial charge in [0.25, 0.3) is 0 Å². The van der Waals surface area contributed by atoms with Crippen LogP contribution in [-0.2, 0) is 16.4 Å². The highest BCUT2D eigenvalue weighted by Gasteiger charge is 2.62. The number of hydrogen-bond donors (Lipinski definition) is 1. The second-order valence-electron chi connectivity index (χ2n) is 6.90. The third-order valence-corrected chi connectivity index (χ3v) is 6.60. The quantitative estimate of drug-likeness (QED) is 0.639. The molecule has 0 aromatic heterocycles. The van der Waals surface area contributed by atoms with Crippen LogP contribution in [0.15, 0.2) is 24.3 Å². The van der Waals surface area contributed by atoms with Gasteiger partial charge in [-0.2, -0.15) is 0 Å². The molecule has 1 aromatic carbocycles. The lowest BCUT2D eigenvalue weighted by atomic mass is 9.53. The molecule has 1 aromatic rings. The van der Waals surface area contributed by atoms with Crippen LogP contribution in [-0.4, -0.2) is 18.7 Å². The molecule has 21 heavy (non-hydrogen) atoms. The average molecular weight is 299 g/mol. The molecule has 2 heterocycles. The van der Waals surface area contributed by atoms with Crippen molar-refractivity contribution in [2.45, 2.75) is 37.3 Å². The van der Waals surface area contributed by atoms with Gasteiger partial charge in [-0.1, -0.05) is 25.1 Å². The molecule has 2 unspecified atom stereocenters. The van der Waals surface area contributed by atoms with E-state index in [2.05, 4.69) is 30.5 Å². The van der Waals surface area contributed by atoms with Crippen molar-refractivity contribution in [2.24, 2.45) is 11.8 Å². The molecule has 108 valence electrons. The highest BCUT2D eigenvalue weighted by atomic mass is 31.1. The van der Waals surface area contributed by atoms with Crippen molar-refractivity contribution in [1.29, 1.82) is 0 Å². The van der Waals surface area contributed by atoms with Crippen LogP contribution in [0, 0.1) is 11.8 Å². The van der Waals surface area contributed by atoms with E-state index in [1.165, 1.54) is 11.1 Å². The molecule has 1 N–H and O–H groups in total. The van der Waals surface area contributed by atoms with E-state index in [-0.39, 0.29) is 20.0 Å². The highest BCUT2D eigenvalue weighted by Crippen LogP contribution is 2.60. The first-order valence-electron chi connectivity index (χ1n) is 7.84. The molecule has 4 aliphatic rings. The van der Waals surface area contributed by atoms with E-state index >= 15 is 0 Å². The summed E-state index contributed by atoms with van der Waals surface area (Å²) in [7, 11) is 0.0700. The number of benzene rings is 1. The van der Waals surface area contributed by atoms with E-state index in [0.717, 1.165) is 30.4 Å². The van der Waals surface area contributed by atoms with E-state index < -0.39 is 0 Å². The summed E-state index contributed by atoms with van der Waals surface area (Å²) in [6.45, 7) is 3.30. The first kappa shape index (κ1) is 12.4. The Kier molecular flexibility index (Phi) is 2.34. The highest BCUT2D eigenvalue weighted by molar-refractivity contribution is 7.34. The zero-order valence-corrected chi connectivity index (χ0v) is 12.9. The van der Waals surface area contributed by atoms with Crippen LogP contribution >= 0.6 is 8.46 Å². The van der Waals surface area contributed by atoms with Crippen LogP contribution < -0.4 is 15.4 Å². The zero-order valence-electron chi connectivity index (χ0n) is 12.0. The molecule has 3 nitrogen and oxygen atoms in total. The van der Waals surface area contributed by atoms with Crippen molar-refractivity contribution < 1.29 is 9.30 Å². The second-order valence-corrected chi connectivity index (χ2v) is 7.57. The topological polar surface area (TPSA) is 38.3 Å². The largest absolute Gasteiger partial charge is 0.487 e. The number of piperidine rings is 1. The summed E-state index contributed by atoms with van der Waals surface area (Å²) in [4.78, 5) is 0. The second kappa shape index (κ2) is 3.97. The smallest absolute Gasteiger partial charge is 0.196 e. The molecule has 1 fully saturated rings. The standard InChI is InChI=1S/C17H18NO2P/c1-9-2-4-11-12-8-10-3-5-13(21-19)15-14(10)17(11,6-7-18-12)16(9)20-15/h2-5,9,11-12,16,18H,6-8H2,1H3/t9?,11?,12-,16+,17+/m1/s1. The minimum Gasteiger partial charge on any atom is -0.487 e. The van der Waals surface area contributed by atoms with Crippen molar-refractivity contribution in [3.63, 3.8) is 0 Å². The first-order chi connectivity index (χ1) is 10.3. The van der Waals surface area contributed by atoms with Gasteiger partial charge in [0.2, 0.25) is 0 Å². The predicted octanol–water partition coefficient (Wildman–Crippen LogP) is 2.34. The SMILES string of the molecule is CC1C=CC2[C@H]3Cc4ccc(P=O)c5c4[C@@]2(CCN3)[C@H]1O5. The van der Waals surface area contributed by atoms with Crippen molar-refractivity contribution in [3.05, 3.63) is 35.4 Å². The van der Waals surface area contributed by atoms with Gasteiger partial charge in [-0.05, 0) is 31.0 Å². The Balaban J connectivity index is 1.85. The molecule has 2 aliphatic heterocycles.